The zero-order valence-electron chi connectivity index (χ0n) is 11.2. The summed E-state index contributed by atoms with van der Waals surface area (Å²) >= 11 is 0. The number of amides is 1. The first-order valence-electron chi connectivity index (χ1n) is 6.26. The molecule has 0 fully saturated rings. The largest absolute Gasteiger partial charge is 0.397 e. The van der Waals surface area contributed by atoms with Gasteiger partial charge in [-0.15, -0.1) is 0 Å². The predicted octanol–water partition coefficient (Wildman–Crippen LogP) is 0.376. The number of rotatable bonds is 9. The third-order valence-electron chi connectivity index (χ3n) is 2.41. The molecule has 0 saturated heterocycles. The monoisotopic (exact) mass is 267 g/mol. The number of methoxy groups -OCH3 is 1. The Hall–Kier alpha value is -1.66. The fourth-order valence-electron chi connectivity index (χ4n) is 1.41. The zero-order chi connectivity index (χ0) is 13.9. The Labute approximate surface area is 113 Å². The van der Waals surface area contributed by atoms with Gasteiger partial charge in [-0.05, 0) is 18.6 Å². The Balaban J connectivity index is 2.06. The first-order valence-corrected chi connectivity index (χ1v) is 6.26. The van der Waals surface area contributed by atoms with Gasteiger partial charge in [0.2, 0.25) is 5.91 Å². The number of nitrogen functional groups attached to an aromatic ring is 1. The number of carbonyl (C=O) groups is 1. The Morgan fingerprint density at radius 2 is 2.21 bits per heavy atom. The van der Waals surface area contributed by atoms with Crippen molar-refractivity contribution < 1.29 is 14.3 Å². The van der Waals surface area contributed by atoms with Crippen molar-refractivity contribution >= 4 is 11.6 Å². The van der Waals surface area contributed by atoms with Crippen molar-refractivity contribution in [1.29, 1.82) is 0 Å². The van der Waals surface area contributed by atoms with E-state index < -0.39 is 0 Å². The van der Waals surface area contributed by atoms with Gasteiger partial charge in [-0.25, -0.2) is 0 Å². The minimum Gasteiger partial charge on any atom is -0.397 e. The van der Waals surface area contributed by atoms with Crippen LogP contribution >= 0.6 is 0 Å². The third-order valence-corrected chi connectivity index (χ3v) is 2.41. The number of nitrogens with zero attached hydrogens (tertiary/aromatic N) is 1. The number of ether oxygens (including phenoxy) is 2. The van der Waals surface area contributed by atoms with Gasteiger partial charge in [0.05, 0.1) is 31.5 Å². The molecule has 0 radical (unpaired) electrons. The summed E-state index contributed by atoms with van der Waals surface area (Å²) in [6.45, 7) is 2.39. The minimum absolute atomic E-state index is 0.0471. The summed E-state index contributed by atoms with van der Waals surface area (Å²) < 4.78 is 10.1. The lowest BCUT2D eigenvalue weighted by molar-refractivity contribution is -0.120. The van der Waals surface area contributed by atoms with E-state index >= 15 is 0 Å². The number of hydrogen-bond acceptors (Lipinski definition) is 5. The number of pyridine rings is 1. The molecule has 0 aliphatic heterocycles. The number of nitrogens with one attached hydrogen (secondary N) is 1. The highest BCUT2D eigenvalue weighted by Crippen LogP contribution is 2.01. The van der Waals surface area contributed by atoms with E-state index in [0.717, 1.165) is 6.42 Å². The van der Waals surface area contributed by atoms with Gasteiger partial charge in [-0.2, -0.15) is 0 Å². The molecule has 0 bridgehead atoms. The molecule has 1 amide bonds. The number of aromatic nitrogens is 1. The van der Waals surface area contributed by atoms with Crippen LogP contribution < -0.4 is 11.1 Å². The Kier molecular flexibility index (Phi) is 7.53. The van der Waals surface area contributed by atoms with E-state index in [1.165, 1.54) is 0 Å². The molecule has 1 heterocycles. The summed E-state index contributed by atoms with van der Waals surface area (Å²) in [5.41, 5.74) is 6.83. The van der Waals surface area contributed by atoms with Crippen LogP contribution in [0.2, 0.25) is 0 Å². The molecular weight excluding hydrogens is 246 g/mol. The van der Waals surface area contributed by atoms with E-state index in [9.17, 15) is 4.79 Å². The van der Waals surface area contributed by atoms with Crippen LogP contribution in [-0.2, 0) is 20.7 Å². The molecule has 0 saturated carbocycles. The van der Waals surface area contributed by atoms with Gasteiger partial charge in [0, 0.05) is 26.0 Å². The summed E-state index contributed by atoms with van der Waals surface area (Å²) in [5, 5.41) is 2.82. The number of hydrogen-bond donors (Lipinski definition) is 2. The van der Waals surface area contributed by atoms with E-state index in [1.54, 1.807) is 25.4 Å². The number of carbonyl (C=O) groups excluding carboxylic acids is 1. The van der Waals surface area contributed by atoms with Crippen LogP contribution in [0.25, 0.3) is 0 Å². The average Bonchev–Trinajstić information content (AvgIpc) is 2.40. The van der Waals surface area contributed by atoms with Gasteiger partial charge in [-0.3, -0.25) is 9.78 Å². The molecule has 6 heteroatoms. The fraction of sp³-hybridized carbons (Fsp3) is 0.538. The van der Waals surface area contributed by atoms with Crippen LogP contribution in [0.15, 0.2) is 18.3 Å². The third kappa shape index (κ3) is 7.38. The normalized spacial score (nSPS) is 10.4. The van der Waals surface area contributed by atoms with Crippen molar-refractivity contribution in [1.82, 2.24) is 10.3 Å². The maximum Gasteiger partial charge on any atom is 0.226 e. The molecule has 0 unspecified atom stereocenters. The maximum absolute atomic E-state index is 11.6. The van der Waals surface area contributed by atoms with Gasteiger partial charge in [0.15, 0.2) is 0 Å². The van der Waals surface area contributed by atoms with Gasteiger partial charge >= 0.3 is 0 Å². The second-order valence-corrected chi connectivity index (χ2v) is 4.07. The molecule has 19 heavy (non-hydrogen) atoms. The van der Waals surface area contributed by atoms with Crippen molar-refractivity contribution in [2.75, 3.05) is 39.2 Å². The van der Waals surface area contributed by atoms with Crippen LogP contribution in [0.4, 0.5) is 5.69 Å². The molecule has 0 aliphatic carbocycles. The van der Waals surface area contributed by atoms with E-state index in [2.05, 4.69) is 10.3 Å². The summed E-state index contributed by atoms with van der Waals surface area (Å²) in [6.07, 6.45) is 2.60. The SMILES string of the molecule is COCCOCCCNC(=O)Cc1ccc(N)cn1. The van der Waals surface area contributed by atoms with E-state index in [-0.39, 0.29) is 12.3 Å². The van der Waals surface area contributed by atoms with Crippen LogP contribution in [0.3, 0.4) is 0 Å². The molecule has 1 aromatic heterocycles. The van der Waals surface area contributed by atoms with E-state index in [4.69, 9.17) is 15.2 Å². The highest BCUT2D eigenvalue weighted by atomic mass is 16.5. The Bertz CT molecular complexity index is 368. The van der Waals surface area contributed by atoms with Crippen molar-refractivity contribution in [3.05, 3.63) is 24.0 Å². The van der Waals surface area contributed by atoms with Crippen LogP contribution in [0.1, 0.15) is 12.1 Å². The zero-order valence-corrected chi connectivity index (χ0v) is 11.2. The number of anilines is 1. The summed E-state index contributed by atoms with van der Waals surface area (Å²) in [4.78, 5) is 15.7. The van der Waals surface area contributed by atoms with Gasteiger partial charge in [0.25, 0.3) is 0 Å². The molecule has 6 nitrogen and oxygen atoms in total. The van der Waals surface area contributed by atoms with Crippen LogP contribution in [-0.4, -0.2) is 44.4 Å². The minimum atomic E-state index is -0.0471. The van der Waals surface area contributed by atoms with E-state index in [0.29, 0.717) is 37.7 Å². The summed E-state index contributed by atoms with van der Waals surface area (Å²) in [6, 6.07) is 3.49. The maximum atomic E-state index is 11.6. The first-order chi connectivity index (χ1) is 9.22. The standard InChI is InChI=1S/C13H21N3O3/c1-18-7-8-19-6-2-5-15-13(17)9-12-4-3-11(14)10-16-12/h3-4,10H,2,5-9,14H2,1H3,(H,15,17). The van der Waals surface area contributed by atoms with Crippen molar-refractivity contribution in [2.24, 2.45) is 0 Å². The molecule has 0 aliphatic rings. The van der Waals surface area contributed by atoms with Gasteiger partial charge in [-0.1, -0.05) is 0 Å². The molecular formula is C13H21N3O3. The van der Waals surface area contributed by atoms with Crippen molar-refractivity contribution in [3.8, 4) is 0 Å². The average molecular weight is 267 g/mol. The fourth-order valence-corrected chi connectivity index (χ4v) is 1.41. The van der Waals surface area contributed by atoms with Crippen LogP contribution in [0.5, 0.6) is 0 Å². The Morgan fingerprint density at radius 1 is 1.37 bits per heavy atom. The number of nitrogens with two attached hydrogens (primary N) is 1. The van der Waals surface area contributed by atoms with Gasteiger partial charge in [0.1, 0.15) is 0 Å². The molecule has 106 valence electrons. The highest BCUT2D eigenvalue weighted by Gasteiger charge is 2.03. The van der Waals surface area contributed by atoms with Crippen LogP contribution in [0, 0.1) is 0 Å². The lowest BCUT2D eigenvalue weighted by Crippen LogP contribution is -2.27. The predicted molar refractivity (Wildman–Crippen MR) is 72.7 cm³/mol. The first kappa shape index (κ1) is 15.4. The summed E-state index contributed by atoms with van der Waals surface area (Å²) in [7, 11) is 1.63. The summed E-state index contributed by atoms with van der Waals surface area (Å²) in [5.74, 6) is -0.0471. The topological polar surface area (TPSA) is 86.5 Å². The lowest BCUT2D eigenvalue weighted by atomic mass is 10.2. The molecule has 0 atom stereocenters. The smallest absolute Gasteiger partial charge is 0.226 e. The van der Waals surface area contributed by atoms with Crippen molar-refractivity contribution in [3.63, 3.8) is 0 Å². The van der Waals surface area contributed by atoms with Crippen molar-refractivity contribution in [2.45, 2.75) is 12.8 Å². The lowest BCUT2D eigenvalue weighted by Gasteiger charge is -2.06. The molecule has 0 aromatic carbocycles. The van der Waals surface area contributed by atoms with E-state index in [1.807, 2.05) is 0 Å². The molecule has 1 rings (SSSR count). The second kappa shape index (κ2) is 9.29. The van der Waals surface area contributed by atoms with Gasteiger partial charge < -0.3 is 20.5 Å². The second-order valence-electron chi connectivity index (χ2n) is 4.07. The quantitative estimate of drug-likeness (QED) is 0.631. The Morgan fingerprint density at radius 3 is 2.89 bits per heavy atom. The molecule has 3 N–H and O–H groups in total. The molecule has 1 aromatic rings. The highest BCUT2D eigenvalue weighted by molar-refractivity contribution is 5.78. The molecule has 0 spiro atoms.